The van der Waals surface area contributed by atoms with Gasteiger partial charge in [-0.05, 0) is 6.44 Å². The first kappa shape index (κ1) is 10.8. The van der Waals surface area contributed by atoms with Crippen LogP contribution < -0.4 is 0 Å². The Labute approximate surface area is 74.9 Å². The molecule has 0 atom stereocenters. The van der Waals surface area contributed by atoms with E-state index < -0.39 is 23.3 Å². The monoisotopic (exact) mass is 216 g/mol. The normalized spacial score (nSPS) is 24.5. The van der Waals surface area contributed by atoms with E-state index in [1.165, 1.54) is 0 Å². The first-order valence-corrected chi connectivity index (χ1v) is 5.74. The predicted octanol–water partition coefficient (Wildman–Crippen LogP) is 0.103. The van der Waals surface area contributed by atoms with Crippen molar-refractivity contribution in [2.75, 3.05) is 31.0 Å². The summed E-state index contributed by atoms with van der Waals surface area (Å²) >= 11 is 0. The summed E-state index contributed by atoms with van der Waals surface area (Å²) in [5, 5.41) is 0. The minimum absolute atomic E-state index is 0.00356. The molecule has 8 heteroatoms. The van der Waals surface area contributed by atoms with Gasteiger partial charge in [0.25, 0.3) is 0 Å². The molecule has 13 heavy (non-hydrogen) atoms. The van der Waals surface area contributed by atoms with E-state index >= 15 is 0 Å². The molecular weight excluding hydrogens is 206 g/mol. The molecule has 0 radical (unpaired) electrons. The van der Waals surface area contributed by atoms with Crippen LogP contribution in [0.3, 0.4) is 0 Å². The van der Waals surface area contributed by atoms with Gasteiger partial charge in [0.05, 0.1) is 11.5 Å². The fourth-order valence-electron chi connectivity index (χ4n) is 1.23. The molecule has 0 aliphatic carbocycles. The molecule has 0 spiro atoms. The summed E-state index contributed by atoms with van der Waals surface area (Å²) in [6.45, 7) is -4.82. The van der Waals surface area contributed by atoms with Crippen molar-refractivity contribution in [2.45, 2.75) is 0 Å². The minimum Gasteiger partial charge on any atom is -0.448 e. The third kappa shape index (κ3) is 3.99. The van der Waals surface area contributed by atoms with Gasteiger partial charge in [-0.2, -0.15) is 0 Å². The zero-order valence-electron chi connectivity index (χ0n) is 6.92. The summed E-state index contributed by atoms with van der Waals surface area (Å²) < 4.78 is 57.4. The van der Waals surface area contributed by atoms with Gasteiger partial charge in [-0.25, -0.2) is 8.42 Å². The summed E-state index contributed by atoms with van der Waals surface area (Å²) in [4.78, 5) is 1.14. The number of hydrogen-bond donors (Lipinski definition) is 0. The zero-order chi connectivity index (χ0) is 10.1. The Balaban J connectivity index is 2.43. The molecule has 1 rings (SSSR count). The van der Waals surface area contributed by atoms with E-state index in [0.717, 1.165) is 4.90 Å². The van der Waals surface area contributed by atoms with Crippen molar-refractivity contribution in [1.82, 2.24) is 4.90 Å². The van der Waals surface area contributed by atoms with Gasteiger partial charge in [0.2, 0.25) is 0 Å². The van der Waals surface area contributed by atoms with E-state index in [-0.39, 0.29) is 24.6 Å². The molecule has 0 aromatic heterocycles. The third-order valence-electron chi connectivity index (χ3n) is 1.90. The number of rotatable bonds is 2. The van der Waals surface area contributed by atoms with Crippen LogP contribution in [0.2, 0.25) is 0 Å². The second-order valence-electron chi connectivity index (χ2n) is 3.16. The van der Waals surface area contributed by atoms with Gasteiger partial charge in [-0.3, -0.25) is 0 Å². The van der Waals surface area contributed by atoms with Crippen LogP contribution >= 0.6 is 0 Å². The molecule has 1 heterocycles. The average Bonchev–Trinajstić information content (AvgIpc) is 1.91. The van der Waals surface area contributed by atoms with E-state index in [9.17, 15) is 21.4 Å². The molecule has 1 fully saturated rings. The van der Waals surface area contributed by atoms with Crippen LogP contribution in [-0.4, -0.2) is 51.3 Å². The standard InChI is InChI=1S/C5H10BF3NO2S/c7-6(8,9)5-10-1-3-13(11,12)4-2-10/h1-5H2/q-1. The van der Waals surface area contributed by atoms with Crippen LogP contribution in [0.15, 0.2) is 0 Å². The van der Waals surface area contributed by atoms with Crippen molar-refractivity contribution < 1.29 is 21.4 Å². The minimum atomic E-state index is -4.83. The molecule has 78 valence electrons. The van der Waals surface area contributed by atoms with Gasteiger partial charge < -0.3 is 17.8 Å². The molecular formula is C5H10BF3NO2S-. The van der Waals surface area contributed by atoms with Gasteiger partial charge in [0, 0.05) is 13.1 Å². The van der Waals surface area contributed by atoms with Crippen LogP contribution in [0.4, 0.5) is 12.9 Å². The van der Waals surface area contributed by atoms with E-state index in [1.54, 1.807) is 0 Å². The number of halogens is 3. The Morgan fingerprint density at radius 3 is 2.00 bits per heavy atom. The smallest absolute Gasteiger partial charge is 0.448 e. The van der Waals surface area contributed by atoms with E-state index in [1.807, 2.05) is 0 Å². The lowest BCUT2D eigenvalue weighted by Crippen LogP contribution is -2.46. The quantitative estimate of drug-likeness (QED) is 0.614. The van der Waals surface area contributed by atoms with Gasteiger partial charge in [-0.1, -0.05) is 0 Å². The maximum absolute atomic E-state index is 11.9. The van der Waals surface area contributed by atoms with Crippen molar-refractivity contribution >= 4 is 16.8 Å². The number of hydrogen-bond acceptors (Lipinski definition) is 3. The molecule has 1 aliphatic rings. The van der Waals surface area contributed by atoms with Crippen molar-refractivity contribution in [2.24, 2.45) is 0 Å². The van der Waals surface area contributed by atoms with Crippen LogP contribution in [0.25, 0.3) is 0 Å². The van der Waals surface area contributed by atoms with Gasteiger partial charge in [0.1, 0.15) is 0 Å². The number of sulfone groups is 1. The summed E-state index contributed by atoms with van der Waals surface area (Å²) in [5.41, 5.74) is 0. The molecule has 0 aromatic carbocycles. The Morgan fingerprint density at radius 1 is 1.15 bits per heavy atom. The molecule has 0 aromatic rings. The third-order valence-corrected chi connectivity index (χ3v) is 3.51. The average molecular weight is 216 g/mol. The second-order valence-corrected chi connectivity index (χ2v) is 5.47. The van der Waals surface area contributed by atoms with Crippen LogP contribution in [-0.2, 0) is 9.84 Å². The van der Waals surface area contributed by atoms with E-state index in [2.05, 4.69) is 0 Å². The maximum atomic E-state index is 11.9. The largest absolute Gasteiger partial charge is 0.492 e. The summed E-state index contributed by atoms with van der Waals surface area (Å²) in [5.74, 6) is -0.307. The Hall–Kier alpha value is -0.235. The molecule has 3 nitrogen and oxygen atoms in total. The highest BCUT2D eigenvalue weighted by atomic mass is 32.2. The first-order chi connectivity index (χ1) is 5.79. The van der Waals surface area contributed by atoms with Gasteiger partial charge in [-0.15, -0.1) is 0 Å². The fraction of sp³-hybridized carbons (Fsp3) is 1.00. The molecule has 0 bridgehead atoms. The van der Waals surface area contributed by atoms with Crippen molar-refractivity contribution in [3.8, 4) is 0 Å². The highest BCUT2D eigenvalue weighted by Crippen LogP contribution is 2.12. The molecule has 0 saturated carbocycles. The summed E-state index contributed by atoms with van der Waals surface area (Å²) in [6, 6.07) is 0. The van der Waals surface area contributed by atoms with Crippen LogP contribution in [0, 0.1) is 0 Å². The SMILES string of the molecule is O=S1(=O)CCN(C[B-](F)(F)F)CC1. The molecule has 1 saturated heterocycles. The predicted molar refractivity (Wildman–Crippen MR) is 44.2 cm³/mol. The summed E-state index contributed by atoms with van der Waals surface area (Å²) in [6.07, 6.45) is -0.949. The van der Waals surface area contributed by atoms with Crippen LogP contribution in [0.5, 0.6) is 0 Å². The first-order valence-electron chi connectivity index (χ1n) is 3.92. The molecule has 0 N–H and O–H groups in total. The lowest BCUT2D eigenvalue weighted by atomic mass is 9.91. The van der Waals surface area contributed by atoms with Crippen molar-refractivity contribution in [3.63, 3.8) is 0 Å². The van der Waals surface area contributed by atoms with Gasteiger partial charge >= 0.3 is 6.98 Å². The fourth-order valence-corrected chi connectivity index (χ4v) is 2.50. The zero-order valence-corrected chi connectivity index (χ0v) is 7.74. The molecule has 0 amide bonds. The Bertz CT molecular complexity index is 262. The topological polar surface area (TPSA) is 37.4 Å². The highest BCUT2D eigenvalue weighted by Gasteiger charge is 2.29. The molecule has 1 aliphatic heterocycles. The lowest BCUT2D eigenvalue weighted by Gasteiger charge is -2.30. The van der Waals surface area contributed by atoms with E-state index in [4.69, 9.17) is 0 Å². The maximum Gasteiger partial charge on any atom is 0.492 e. The van der Waals surface area contributed by atoms with E-state index in [0.29, 0.717) is 0 Å². The lowest BCUT2D eigenvalue weighted by molar-refractivity contribution is 0.297. The van der Waals surface area contributed by atoms with Gasteiger partial charge in [0.15, 0.2) is 9.84 Å². The van der Waals surface area contributed by atoms with Crippen molar-refractivity contribution in [3.05, 3.63) is 0 Å². The van der Waals surface area contributed by atoms with Crippen LogP contribution in [0.1, 0.15) is 0 Å². The Kier molecular flexibility index (Phi) is 2.91. The Morgan fingerprint density at radius 2 is 1.62 bits per heavy atom. The summed E-state index contributed by atoms with van der Waals surface area (Å²) in [7, 11) is -3.07. The molecule has 0 unspecified atom stereocenters. The highest BCUT2D eigenvalue weighted by molar-refractivity contribution is 7.91. The number of nitrogens with zero attached hydrogens (tertiary/aromatic N) is 1. The van der Waals surface area contributed by atoms with Crippen molar-refractivity contribution in [1.29, 1.82) is 0 Å². The second kappa shape index (κ2) is 3.49.